The summed E-state index contributed by atoms with van der Waals surface area (Å²) in [4.78, 5) is 0. The molecule has 1 aliphatic carbocycles. The third-order valence-electron chi connectivity index (χ3n) is 3.42. The van der Waals surface area contributed by atoms with Gasteiger partial charge >= 0.3 is 8.56 Å². The lowest BCUT2D eigenvalue weighted by Crippen LogP contribution is -2.33. The zero-order valence-electron chi connectivity index (χ0n) is 13.0. The normalized spacial score (nSPS) is 15.4. The molecule has 0 heterocycles. The standard InChI is InChI=1S/C17H24O2Si/c1-13(2)18-20(4,5)19-17-14(3)9-8-11-15-10-6-7-12-16(15)17/h6-7,10,12H,1,8-9,11H2,2-5H3. The molecule has 0 saturated heterocycles. The zero-order chi connectivity index (χ0) is 14.8. The summed E-state index contributed by atoms with van der Waals surface area (Å²) in [5.74, 6) is 1.75. The van der Waals surface area contributed by atoms with Crippen molar-refractivity contribution in [1.82, 2.24) is 0 Å². The average molecular weight is 288 g/mol. The minimum absolute atomic E-state index is 0.724. The number of fused-ring (bicyclic) bond motifs is 1. The van der Waals surface area contributed by atoms with Crippen molar-refractivity contribution >= 4 is 14.3 Å². The van der Waals surface area contributed by atoms with Crippen molar-refractivity contribution in [3.05, 3.63) is 53.3 Å². The van der Waals surface area contributed by atoms with Crippen LogP contribution in [0.5, 0.6) is 0 Å². The molecule has 20 heavy (non-hydrogen) atoms. The maximum absolute atomic E-state index is 6.34. The maximum atomic E-state index is 6.34. The predicted molar refractivity (Wildman–Crippen MR) is 86.4 cm³/mol. The first-order chi connectivity index (χ1) is 9.39. The van der Waals surface area contributed by atoms with Gasteiger partial charge in [0.05, 0.1) is 5.76 Å². The summed E-state index contributed by atoms with van der Waals surface area (Å²) in [5.41, 5.74) is 3.92. The fraction of sp³-hybridized carbons (Fsp3) is 0.412. The highest BCUT2D eigenvalue weighted by Crippen LogP contribution is 2.33. The van der Waals surface area contributed by atoms with Gasteiger partial charge < -0.3 is 8.85 Å². The Labute approximate surface area is 123 Å². The van der Waals surface area contributed by atoms with Crippen molar-refractivity contribution in [2.24, 2.45) is 0 Å². The molecule has 3 heteroatoms. The lowest BCUT2D eigenvalue weighted by molar-refractivity contribution is 0.308. The molecule has 0 radical (unpaired) electrons. The van der Waals surface area contributed by atoms with Gasteiger partial charge in [-0.25, -0.2) is 0 Å². The van der Waals surface area contributed by atoms with E-state index in [1.807, 2.05) is 6.92 Å². The third-order valence-corrected chi connectivity index (χ3v) is 4.95. The van der Waals surface area contributed by atoms with Crippen molar-refractivity contribution in [1.29, 1.82) is 0 Å². The third kappa shape index (κ3) is 3.54. The number of rotatable bonds is 4. The molecule has 0 spiro atoms. The van der Waals surface area contributed by atoms with E-state index in [9.17, 15) is 0 Å². The van der Waals surface area contributed by atoms with Gasteiger partial charge in [-0.2, -0.15) is 0 Å². The van der Waals surface area contributed by atoms with Crippen LogP contribution in [0, 0.1) is 0 Å². The fourth-order valence-electron chi connectivity index (χ4n) is 2.68. The zero-order valence-corrected chi connectivity index (χ0v) is 14.0. The van der Waals surface area contributed by atoms with Gasteiger partial charge in [0.1, 0.15) is 5.76 Å². The summed E-state index contributed by atoms with van der Waals surface area (Å²) in [6, 6.07) is 8.54. The van der Waals surface area contributed by atoms with E-state index >= 15 is 0 Å². The largest absolute Gasteiger partial charge is 0.517 e. The van der Waals surface area contributed by atoms with E-state index < -0.39 is 8.56 Å². The van der Waals surface area contributed by atoms with Crippen LogP contribution in [0.2, 0.25) is 13.1 Å². The molecule has 1 aromatic rings. The van der Waals surface area contributed by atoms with Crippen molar-refractivity contribution < 1.29 is 8.85 Å². The van der Waals surface area contributed by atoms with Gasteiger partial charge in [0, 0.05) is 18.7 Å². The Bertz CT molecular complexity index is 544. The second-order valence-corrected chi connectivity index (χ2v) is 9.13. The van der Waals surface area contributed by atoms with Crippen molar-refractivity contribution in [3.8, 4) is 0 Å². The van der Waals surface area contributed by atoms with Gasteiger partial charge in [-0.05, 0) is 44.2 Å². The quantitative estimate of drug-likeness (QED) is 0.572. The van der Waals surface area contributed by atoms with Gasteiger partial charge in [0.2, 0.25) is 0 Å². The molecule has 0 saturated carbocycles. The summed E-state index contributed by atoms with van der Waals surface area (Å²) in [7, 11) is -2.24. The number of hydrogen-bond acceptors (Lipinski definition) is 2. The number of aryl methyl sites for hydroxylation is 1. The molecular weight excluding hydrogens is 264 g/mol. The van der Waals surface area contributed by atoms with Crippen LogP contribution in [0.4, 0.5) is 0 Å². The number of allylic oxidation sites excluding steroid dienone is 2. The lowest BCUT2D eigenvalue weighted by Gasteiger charge is -2.27. The molecule has 1 aromatic carbocycles. The van der Waals surface area contributed by atoms with Crippen molar-refractivity contribution in [3.63, 3.8) is 0 Å². The fourth-order valence-corrected chi connectivity index (χ4v) is 4.33. The molecule has 0 fully saturated rings. The highest BCUT2D eigenvalue weighted by Gasteiger charge is 2.31. The first-order valence-electron chi connectivity index (χ1n) is 7.20. The van der Waals surface area contributed by atoms with E-state index in [1.54, 1.807) is 0 Å². The van der Waals surface area contributed by atoms with E-state index in [0.29, 0.717) is 0 Å². The topological polar surface area (TPSA) is 18.5 Å². The summed E-state index contributed by atoms with van der Waals surface area (Å²) < 4.78 is 12.2. The molecule has 2 nitrogen and oxygen atoms in total. The second-order valence-electron chi connectivity index (χ2n) is 5.93. The Morgan fingerprint density at radius 2 is 1.90 bits per heavy atom. The van der Waals surface area contributed by atoms with Crippen molar-refractivity contribution in [2.75, 3.05) is 0 Å². The molecule has 108 valence electrons. The van der Waals surface area contributed by atoms with Gasteiger partial charge in [-0.15, -0.1) is 0 Å². The highest BCUT2D eigenvalue weighted by atomic mass is 28.4. The minimum atomic E-state index is -2.24. The Balaban J connectivity index is 2.36. The van der Waals surface area contributed by atoms with E-state index in [2.05, 4.69) is 50.9 Å². The number of hydrogen-bond donors (Lipinski definition) is 0. The molecule has 0 bridgehead atoms. The van der Waals surface area contributed by atoms with E-state index in [1.165, 1.54) is 23.1 Å². The molecule has 0 amide bonds. The molecule has 0 aromatic heterocycles. The average Bonchev–Trinajstić information content (AvgIpc) is 2.48. The van der Waals surface area contributed by atoms with Gasteiger partial charge in [-0.3, -0.25) is 0 Å². The Kier molecular flexibility index (Phi) is 4.38. The van der Waals surface area contributed by atoms with E-state index in [0.717, 1.165) is 24.4 Å². The van der Waals surface area contributed by atoms with Crippen LogP contribution < -0.4 is 0 Å². The maximum Gasteiger partial charge on any atom is 0.453 e. The SMILES string of the molecule is C=C(C)O[Si](C)(C)OC1=C(C)CCCc2ccccc21. The second kappa shape index (κ2) is 5.88. The van der Waals surface area contributed by atoms with Crippen LogP contribution in [0.3, 0.4) is 0 Å². The van der Waals surface area contributed by atoms with Crippen LogP contribution in [0.15, 0.2) is 42.2 Å². The molecule has 2 rings (SSSR count). The van der Waals surface area contributed by atoms with Crippen LogP contribution in [-0.4, -0.2) is 8.56 Å². The number of benzene rings is 1. The summed E-state index contributed by atoms with van der Waals surface area (Å²) in [6.07, 6.45) is 3.38. The molecule has 0 unspecified atom stereocenters. The molecule has 1 aliphatic rings. The summed E-state index contributed by atoms with van der Waals surface area (Å²) in [6.45, 7) is 12.0. The Morgan fingerprint density at radius 1 is 1.20 bits per heavy atom. The Morgan fingerprint density at radius 3 is 2.60 bits per heavy atom. The lowest BCUT2D eigenvalue weighted by atomic mass is 10.0. The van der Waals surface area contributed by atoms with Crippen LogP contribution in [-0.2, 0) is 15.3 Å². The van der Waals surface area contributed by atoms with Crippen molar-refractivity contribution in [2.45, 2.75) is 46.2 Å². The smallest absolute Gasteiger partial charge is 0.453 e. The highest BCUT2D eigenvalue weighted by molar-refractivity contribution is 6.65. The molecule has 0 atom stereocenters. The molecule has 0 N–H and O–H groups in total. The first-order valence-corrected chi connectivity index (χ1v) is 10.0. The monoisotopic (exact) mass is 288 g/mol. The van der Waals surface area contributed by atoms with E-state index in [-0.39, 0.29) is 0 Å². The first kappa shape index (κ1) is 14.9. The minimum Gasteiger partial charge on any atom is -0.517 e. The Hall–Kier alpha value is -1.48. The summed E-state index contributed by atoms with van der Waals surface area (Å²) in [5, 5.41) is 0. The van der Waals surface area contributed by atoms with Crippen LogP contribution in [0.25, 0.3) is 5.76 Å². The predicted octanol–water partition coefficient (Wildman–Crippen LogP) is 5.02. The van der Waals surface area contributed by atoms with Gasteiger partial charge in [-0.1, -0.05) is 30.8 Å². The van der Waals surface area contributed by atoms with Crippen LogP contribution >= 0.6 is 0 Å². The summed E-state index contributed by atoms with van der Waals surface area (Å²) >= 11 is 0. The van der Waals surface area contributed by atoms with Crippen LogP contribution in [0.1, 0.15) is 37.8 Å². The molecule has 0 aliphatic heterocycles. The van der Waals surface area contributed by atoms with Gasteiger partial charge in [0.25, 0.3) is 0 Å². The van der Waals surface area contributed by atoms with E-state index in [4.69, 9.17) is 8.85 Å². The molecular formula is C17H24O2Si. The van der Waals surface area contributed by atoms with Gasteiger partial charge in [0.15, 0.2) is 0 Å².